The molecule has 1 rings (SSSR count). The summed E-state index contributed by atoms with van der Waals surface area (Å²) in [6.07, 6.45) is 24.3. The van der Waals surface area contributed by atoms with Crippen LogP contribution in [0.1, 0.15) is 174 Å². The van der Waals surface area contributed by atoms with Crippen LogP contribution in [0, 0.1) is 0 Å². The predicted molar refractivity (Wildman–Crippen MR) is 206 cm³/mol. The molecule has 13 heteroatoms. The van der Waals surface area contributed by atoms with E-state index in [-0.39, 0.29) is 38.5 Å². The molecule has 1 fully saturated rings. The summed E-state index contributed by atoms with van der Waals surface area (Å²) in [6.45, 7) is 3.53. The summed E-state index contributed by atoms with van der Waals surface area (Å²) >= 11 is 0. The van der Waals surface area contributed by atoms with E-state index >= 15 is 0 Å². The van der Waals surface area contributed by atoms with E-state index in [9.17, 15) is 23.8 Å². The molecule has 50 heavy (non-hydrogen) atoms. The van der Waals surface area contributed by atoms with Gasteiger partial charge in [-0.25, -0.2) is 4.57 Å². The van der Waals surface area contributed by atoms with Crippen LogP contribution in [0.2, 0.25) is 0 Å². The van der Waals surface area contributed by atoms with Gasteiger partial charge < -0.3 is 19.7 Å². The van der Waals surface area contributed by atoms with Crippen LogP contribution in [0.5, 0.6) is 0 Å². The van der Waals surface area contributed by atoms with Crippen molar-refractivity contribution in [3.63, 3.8) is 0 Å². The highest BCUT2D eigenvalue weighted by Crippen LogP contribution is 2.43. The molecule has 1 heterocycles. The Morgan fingerprint density at radius 1 is 0.720 bits per heavy atom. The third kappa shape index (κ3) is 29.8. The summed E-state index contributed by atoms with van der Waals surface area (Å²) in [7, 11) is -0.654. The zero-order valence-corrected chi connectivity index (χ0v) is 33.9. The number of hydrogen-bond donors (Lipinski definition) is 2. The first-order valence-corrected chi connectivity index (χ1v) is 23.7. The maximum atomic E-state index is 12.6. The molecule has 0 bridgehead atoms. The zero-order valence-electron chi connectivity index (χ0n) is 31.3. The zero-order chi connectivity index (χ0) is 36.5. The van der Waals surface area contributed by atoms with Crippen molar-refractivity contribution in [2.45, 2.75) is 186 Å². The van der Waals surface area contributed by atoms with Gasteiger partial charge in [-0.1, -0.05) is 145 Å². The molecular weight excluding hydrogens is 698 g/mol. The Hall–Kier alpha value is -0.780. The fraction of sp³-hybridized carbons (Fsp3) is 0.919. The predicted octanol–water partition coefficient (Wildman–Crippen LogP) is 10.2. The van der Waals surface area contributed by atoms with Crippen molar-refractivity contribution in [2.75, 3.05) is 32.1 Å². The van der Waals surface area contributed by atoms with Crippen molar-refractivity contribution in [1.29, 1.82) is 0 Å². The number of ether oxygens (including phenoxy) is 2. The summed E-state index contributed by atoms with van der Waals surface area (Å²) in [6, 6.07) is 0. The number of nitrogens with one attached hydrogen (secondary N) is 1. The number of phosphoric ester groups is 1. The number of amides is 1. The number of carbonyl (C=O) groups is 3. The van der Waals surface area contributed by atoms with Crippen LogP contribution in [0.3, 0.4) is 0 Å². The van der Waals surface area contributed by atoms with E-state index in [0.29, 0.717) is 18.1 Å². The highest BCUT2D eigenvalue weighted by atomic mass is 33.1. The minimum Gasteiger partial charge on any atom is -0.462 e. The fourth-order valence-electron chi connectivity index (χ4n) is 5.66. The van der Waals surface area contributed by atoms with Gasteiger partial charge in [0.1, 0.15) is 6.61 Å². The quantitative estimate of drug-likeness (QED) is 0.0276. The summed E-state index contributed by atoms with van der Waals surface area (Å²) < 4.78 is 33.6. The van der Waals surface area contributed by atoms with Crippen molar-refractivity contribution in [3.05, 3.63) is 0 Å². The summed E-state index contributed by atoms with van der Waals surface area (Å²) in [4.78, 5) is 47.3. The summed E-state index contributed by atoms with van der Waals surface area (Å²) in [5.74, 6) is 0.211. The van der Waals surface area contributed by atoms with E-state index in [1.165, 1.54) is 82.8 Å². The van der Waals surface area contributed by atoms with Crippen molar-refractivity contribution >= 4 is 47.3 Å². The van der Waals surface area contributed by atoms with Crippen LogP contribution < -0.4 is 5.32 Å². The van der Waals surface area contributed by atoms with Gasteiger partial charge in [-0.2, -0.15) is 0 Å². The van der Waals surface area contributed by atoms with Crippen molar-refractivity contribution in [2.24, 2.45) is 0 Å². The van der Waals surface area contributed by atoms with Gasteiger partial charge in [0, 0.05) is 36.8 Å². The summed E-state index contributed by atoms with van der Waals surface area (Å²) in [5, 5.41) is 3.39. The smallest absolute Gasteiger partial charge is 0.462 e. The first-order chi connectivity index (χ1) is 24.3. The van der Waals surface area contributed by atoms with Gasteiger partial charge in [0.05, 0.1) is 13.2 Å². The molecule has 294 valence electrons. The molecule has 0 aromatic rings. The van der Waals surface area contributed by atoms with E-state index in [2.05, 4.69) is 19.2 Å². The first-order valence-electron chi connectivity index (χ1n) is 19.8. The SMILES string of the molecule is CCCCCCCCCCCC(=O)OCC(COP(=O)(O)OCCNC(=O)CCCCC1CCSS1)OC(=O)CCCCCCCCCCC. The molecule has 0 aromatic heterocycles. The molecule has 0 saturated carbocycles. The van der Waals surface area contributed by atoms with E-state index in [4.69, 9.17) is 18.5 Å². The second kappa shape index (κ2) is 32.8. The molecule has 1 aliphatic heterocycles. The number of rotatable bonds is 35. The highest BCUT2D eigenvalue weighted by Gasteiger charge is 2.26. The number of unbranched alkanes of at least 4 members (excludes halogenated alkanes) is 17. The topological polar surface area (TPSA) is 137 Å². The Labute approximate surface area is 311 Å². The third-order valence-electron chi connectivity index (χ3n) is 8.71. The standard InChI is InChI=1S/C37H70NO9PS2/c1-3-5-7-9-11-13-15-17-19-25-36(40)44-31-33(47-37(41)26-20-18-16-14-12-10-8-6-4-2)32-46-48(42,43)45-29-28-38-35(39)24-22-21-23-34-27-30-49-50-34/h33-34H,3-32H2,1-2H3,(H,38,39)(H,42,43). The number of hydrogen-bond acceptors (Lipinski definition) is 10. The third-order valence-corrected chi connectivity index (χ3v) is 12.7. The average Bonchev–Trinajstić information content (AvgIpc) is 3.62. The van der Waals surface area contributed by atoms with Crippen LogP contribution in [0.4, 0.5) is 0 Å². The van der Waals surface area contributed by atoms with Gasteiger partial charge in [-0.3, -0.25) is 23.4 Å². The van der Waals surface area contributed by atoms with E-state index in [1.54, 1.807) is 0 Å². The van der Waals surface area contributed by atoms with E-state index in [1.807, 2.05) is 21.6 Å². The number of phosphoric acid groups is 1. The molecule has 2 N–H and O–H groups in total. The monoisotopic (exact) mass is 767 g/mol. The van der Waals surface area contributed by atoms with Crippen LogP contribution in [-0.2, 0) is 37.5 Å². The molecule has 1 saturated heterocycles. The Morgan fingerprint density at radius 3 is 1.82 bits per heavy atom. The number of esters is 2. The second-order valence-electron chi connectivity index (χ2n) is 13.5. The van der Waals surface area contributed by atoms with Gasteiger partial charge in [0.2, 0.25) is 5.91 Å². The van der Waals surface area contributed by atoms with Crippen LogP contribution in [0.15, 0.2) is 0 Å². The average molecular weight is 768 g/mol. The molecule has 0 aromatic carbocycles. The normalized spacial score (nSPS) is 16.2. The maximum Gasteiger partial charge on any atom is 0.472 e. The summed E-state index contributed by atoms with van der Waals surface area (Å²) in [5.41, 5.74) is 0. The molecule has 10 nitrogen and oxygen atoms in total. The molecule has 3 atom stereocenters. The molecule has 0 spiro atoms. The Kier molecular flexibility index (Phi) is 31.0. The van der Waals surface area contributed by atoms with Crippen LogP contribution >= 0.6 is 29.4 Å². The largest absolute Gasteiger partial charge is 0.472 e. The molecular formula is C37H70NO9PS2. The lowest BCUT2D eigenvalue weighted by Crippen LogP contribution is -2.30. The lowest BCUT2D eigenvalue weighted by atomic mass is 10.1. The fourth-order valence-corrected chi connectivity index (χ4v) is 9.43. The van der Waals surface area contributed by atoms with Gasteiger partial charge in [0.15, 0.2) is 6.10 Å². The lowest BCUT2D eigenvalue weighted by Gasteiger charge is -2.20. The minimum absolute atomic E-state index is 0.0650. The Bertz CT molecular complexity index is 908. The highest BCUT2D eigenvalue weighted by molar-refractivity contribution is 8.77. The van der Waals surface area contributed by atoms with Crippen molar-refractivity contribution in [3.8, 4) is 0 Å². The lowest BCUT2D eigenvalue weighted by molar-refractivity contribution is -0.161. The molecule has 1 aliphatic rings. The molecule has 3 unspecified atom stereocenters. The van der Waals surface area contributed by atoms with Crippen molar-refractivity contribution < 1.29 is 42.4 Å². The molecule has 0 radical (unpaired) electrons. The Balaban J connectivity index is 2.37. The first kappa shape index (κ1) is 47.2. The molecule has 0 aliphatic carbocycles. The van der Waals surface area contributed by atoms with E-state index in [0.717, 1.165) is 57.8 Å². The van der Waals surface area contributed by atoms with Crippen LogP contribution in [0.25, 0.3) is 0 Å². The van der Waals surface area contributed by atoms with Gasteiger partial charge in [-0.15, -0.1) is 0 Å². The maximum absolute atomic E-state index is 12.6. The Morgan fingerprint density at radius 2 is 1.26 bits per heavy atom. The molecule has 1 amide bonds. The second-order valence-corrected chi connectivity index (χ2v) is 17.7. The minimum atomic E-state index is -4.51. The number of carbonyl (C=O) groups excluding carboxylic acids is 3. The van der Waals surface area contributed by atoms with Gasteiger partial charge >= 0.3 is 19.8 Å². The van der Waals surface area contributed by atoms with Crippen LogP contribution in [-0.4, -0.2) is 66.2 Å². The van der Waals surface area contributed by atoms with Crippen molar-refractivity contribution in [1.82, 2.24) is 5.32 Å². The van der Waals surface area contributed by atoms with E-state index < -0.39 is 32.5 Å². The van der Waals surface area contributed by atoms with Gasteiger partial charge in [-0.05, 0) is 32.1 Å². The van der Waals surface area contributed by atoms with Gasteiger partial charge in [0.25, 0.3) is 0 Å².